The van der Waals surface area contributed by atoms with Gasteiger partial charge in [-0.15, -0.1) is 0 Å². The number of nitrogens with zero attached hydrogens (tertiary/aromatic N) is 2. The van der Waals surface area contributed by atoms with Crippen LogP contribution in [0.2, 0.25) is 0 Å². The van der Waals surface area contributed by atoms with Crippen molar-refractivity contribution in [2.75, 3.05) is 18.5 Å². The Morgan fingerprint density at radius 1 is 1.44 bits per heavy atom. The minimum atomic E-state index is -0.0476. The topological polar surface area (TPSA) is 58.0 Å². The predicted octanol–water partition coefficient (Wildman–Crippen LogP) is 2.29. The van der Waals surface area contributed by atoms with Crippen molar-refractivity contribution in [1.82, 2.24) is 9.97 Å². The summed E-state index contributed by atoms with van der Waals surface area (Å²) in [5, 5.41) is 12.7. The van der Waals surface area contributed by atoms with E-state index < -0.39 is 0 Å². The van der Waals surface area contributed by atoms with E-state index in [9.17, 15) is 5.11 Å². The molecule has 2 N–H and O–H groups in total. The molecule has 0 radical (unpaired) electrons. The Labute approximate surface area is 110 Å². The zero-order valence-electron chi connectivity index (χ0n) is 9.70. The highest BCUT2D eigenvalue weighted by Crippen LogP contribution is 2.26. The first kappa shape index (κ1) is 13.6. The highest BCUT2D eigenvalue weighted by molar-refractivity contribution is 14.1. The molecule has 0 fully saturated rings. The number of halogens is 1. The molecule has 5 heteroatoms. The van der Waals surface area contributed by atoms with Crippen LogP contribution in [0.4, 0.5) is 5.82 Å². The number of aliphatic hydroxyl groups excluding tert-OH is 1. The zero-order valence-corrected chi connectivity index (χ0v) is 11.9. The van der Waals surface area contributed by atoms with Crippen molar-refractivity contribution < 1.29 is 5.11 Å². The van der Waals surface area contributed by atoms with Crippen LogP contribution in [0.15, 0.2) is 12.5 Å². The maximum absolute atomic E-state index is 9.45. The molecule has 0 spiro atoms. The zero-order chi connectivity index (χ0) is 12.0. The molecular weight excluding hydrogens is 317 g/mol. The maximum atomic E-state index is 9.45. The van der Waals surface area contributed by atoms with Crippen LogP contribution in [0.3, 0.4) is 0 Å². The van der Waals surface area contributed by atoms with Gasteiger partial charge in [0.25, 0.3) is 0 Å². The van der Waals surface area contributed by atoms with Crippen molar-refractivity contribution in [1.29, 1.82) is 0 Å². The lowest BCUT2D eigenvalue weighted by molar-refractivity contribution is 0.127. The third-order valence-electron chi connectivity index (χ3n) is 3.13. The minimum Gasteiger partial charge on any atom is -0.396 e. The third-order valence-corrected chi connectivity index (χ3v) is 3.92. The molecule has 0 aromatic carbocycles. The van der Waals surface area contributed by atoms with Gasteiger partial charge in [-0.3, -0.25) is 0 Å². The van der Waals surface area contributed by atoms with Gasteiger partial charge in [-0.05, 0) is 35.4 Å². The molecule has 0 aliphatic heterocycles. The summed E-state index contributed by atoms with van der Waals surface area (Å²) in [5.74, 6) is 0.843. The van der Waals surface area contributed by atoms with E-state index in [4.69, 9.17) is 0 Å². The smallest absolute Gasteiger partial charge is 0.142 e. The highest BCUT2D eigenvalue weighted by Gasteiger charge is 2.25. The summed E-state index contributed by atoms with van der Waals surface area (Å²) in [6, 6.07) is 0. The Kier molecular flexibility index (Phi) is 5.40. The largest absolute Gasteiger partial charge is 0.396 e. The molecular formula is C11H18IN3O. The van der Waals surface area contributed by atoms with E-state index in [0.29, 0.717) is 0 Å². The van der Waals surface area contributed by atoms with Gasteiger partial charge in [0.2, 0.25) is 0 Å². The molecule has 1 heterocycles. The van der Waals surface area contributed by atoms with E-state index in [-0.39, 0.29) is 12.0 Å². The molecule has 1 aromatic rings. The Morgan fingerprint density at radius 2 is 2.12 bits per heavy atom. The number of aromatic nitrogens is 2. The van der Waals surface area contributed by atoms with Crippen LogP contribution < -0.4 is 5.32 Å². The Morgan fingerprint density at radius 3 is 2.62 bits per heavy atom. The number of hydrogen-bond donors (Lipinski definition) is 2. The second kappa shape index (κ2) is 6.34. The molecule has 16 heavy (non-hydrogen) atoms. The van der Waals surface area contributed by atoms with Crippen LogP contribution in [-0.2, 0) is 0 Å². The fourth-order valence-electron chi connectivity index (χ4n) is 1.49. The van der Waals surface area contributed by atoms with E-state index in [0.717, 1.165) is 28.8 Å². The first-order chi connectivity index (χ1) is 7.67. The van der Waals surface area contributed by atoms with E-state index >= 15 is 0 Å². The summed E-state index contributed by atoms with van der Waals surface area (Å²) in [6.45, 7) is 5.15. The van der Waals surface area contributed by atoms with Crippen molar-refractivity contribution >= 4 is 28.4 Å². The molecule has 0 atom stereocenters. The van der Waals surface area contributed by atoms with E-state index in [1.165, 1.54) is 6.33 Å². The van der Waals surface area contributed by atoms with Crippen LogP contribution in [0.5, 0.6) is 0 Å². The van der Waals surface area contributed by atoms with Crippen LogP contribution in [0.1, 0.15) is 26.7 Å². The quantitative estimate of drug-likeness (QED) is 0.784. The first-order valence-electron chi connectivity index (χ1n) is 5.47. The van der Waals surface area contributed by atoms with Gasteiger partial charge in [0.15, 0.2) is 0 Å². The van der Waals surface area contributed by atoms with Gasteiger partial charge < -0.3 is 10.4 Å². The van der Waals surface area contributed by atoms with Gasteiger partial charge in [0.05, 0.1) is 10.2 Å². The number of aliphatic hydroxyl groups is 1. The van der Waals surface area contributed by atoms with Crippen LogP contribution in [0, 0.1) is 8.99 Å². The Balaban J connectivity index is 2.66. The average molecular weight is 335 g/mol. The molecule has 0 saturated heterocycles. The summed E-state index contributed by atoms with van der Waals surface area (Å²) >= 11 is 2.20. The molecule has 0 unspecified atom stereocenters. The molecule has 1 rings (SSSR count). The second-order valence-corrected chi connectivity index (χ2v) is 5.10. The monoisotopic (exact) mass is 335 g/mol. The van der Waals surface area contributed by atoms with Gasteiger partial charge in [-0.25, -0.2) is 9.97 Å². The first-order valence-corrected chi connectivity index (χ1v) is 6.55. The summed E-state index contributed by atoms with van der Waals surface area (Å²) in [5.41, 5.74) is -0.0476. The van der Waals surface area contributed by atoms with Crippen LogP contribution >= 0.6 is 22.6 Å². The van der Waals surface area contributed by atoms with Crippen molar-refractivity contribution in [2.24, 2.45) is 5.41 Å². The number of hydrogen-bond acceptors (Lipinski definition) is 4. The average Bonchev–Trinajstić information content (AvgIpc) is 2.34. The van der Waals surface area contributed by atoms with E-state index in [1.54, 1.807) is 6.20 Å². The van der Waals surface area contributed by atoms with Crippen molar-refractivity contribution in [3.8, 4) is 0 Å². The highest BCUT2D eigenvalue weighted by atomic mass is 127. The van der Waals surface area contributed by atoms with Gasteiger partial charge in [0.1, 0.15) is 12.1 Å². The fourth-order valence-corrected chi connectivity index (χ4v) is 1.98. The summed E-state index contributed by atoms with van der Waals surface area (Å²) in [4.78, 5) is 8.11. The van der Waals surface area contributed by atoms with E-state index in [2.05, 4.69) is 51.7 Å². The van der Waals surface area contributed by atoms with Gasteiger partial charge in [-0.1, -0.05) is 13.8 Å². The Bertz CT molecular complexity index is 320. The van der Waals surface area contributed by atoms with Gasteiger partial charge in [0, 0.05) is 18.2 Å². The molecule has 1 aromatic heterocycles. The van der Waals surface area contributed by atoms with E-state index in [1.807, 2.05) is 0 Å². The van der Waals surface area contributed by atoms with Gasteiger partial charge in [-0.2, -0.15) is 0 Å². The fraction of sp³-hybridized carbons (Fsp3) is 0.636. The number of nitrogens with one attached hydrogen (secondary N) is 1. The minimum absolute atomic E-state index is 0.0476. The predicted molar refractivity (Wildman–Crippen MR) is 73.3 cm³/mol. The lowest BCUT2D eigenvalue weighted by Crippen LogP contribution is -2.32. The normalized spacial score (nSPS) is 11.5. The molecule has 0 amide bonds. The number of rotatable bonds is 6. The third kappa shape index (κ3) is 3.28. The van der Waals surface area contributed by atoms with Crippen LogP contribution in [0.25, 0.3) is 0 Å². The van der Waals surface area contributed by atoms with Crippen LogP contribution in [-0.4, -0.2) is 28.2 Å². The lowest BCUT2D eigenvalue weighted by Gasteiger charge is -2.29. The molecule has 0 aliphatic carbocycles. The summed E-state index contributed by atoms with van der Waals surface area (Å²) < 4.78 is 0.999. The molecule has 0 aliphatic rings. The second-order valence-electron chi connectivity index (χ2n) is 3.94. The molecule has 0 saturated carbocycles. The maximum Gasteiger partial charge on any atom is 0.142 e. The molecule has 4 nitrogen and oxygen atoms in total. The lowest BCUT2D eigenvalue weighted by atomic mass is 9.83. The van der Waals surface area contributed by atoms with Crippen molar-refractivity contribution in [3.05, 3.63) is 16.1 Å². The van der Waals surface area contributed by atoms with Gasteiger partial charge >= 0.3 is 0 Å². The van der Waals surface area contributed by atoms with Crippen molar-refractivity contribution in [2.45, 2.75) is 26.7 Å². The Hall–Kier alpha value is -0.430. The summed E-state index contributed by atoms with van der Waals surface area (Å²) in [6.07, 6.45) is 5.21. The standard InChI is InChI=1S/C11H18IN3O/c1-3-11(4-2,7-16)6-14-10-9(12)5-13-8-15-10/h5,8,16H,3-4,6-7H2,1-2H3,(H,13,14,15). The number of anilines is 1. The summed E-state index contributed by atoms with van der Waals surface area (Å²) in [7, 11) is 0. The SMILES string of the molecule is CCC(CC)(CO)CNc1ncncc1I. The molecule has 90 valence electrons. The van der Waals surface area contributed by atoms with Crippen molar-refractivity contribution in [3.63, 3.8) is 0 Å². The molecule has 0 bridgehead atoms.